The van der Waals surface area contributed by atoms with Crippen molar-refractivity contribution in [3.8, 4) is 0 Å². The lowest BCUT2D eigenvalue weighted by molar-refractivity contribution is 0.947. The van der Waals surface area contributed by atoms with Crippen LogP contribution in [-0.4, -0.2) is 21.2 Å². The molecule has 17 heavy (non-hydrogen) atoms. The van der Waals surface area contributed by atoms with Gasteiger partial charge >= 0.3 is 0 Å². The molecule has 0 bridgehead atoms. The van der Waals surface area contributed by atoms with Gasteiger partial charge in [0, 0.05) is 11.4 Å². The molecule has 4 N–H and O–H groups in total. The molecule has 2 aromatic rings. The second-order valence-electron chi connectivity index (χ2n) is 3.10. The van der Waals surface area contributed by atoms with Gasteiger partial charge in [-0.05, 0) is 6.26 Å². The van der Waals surface area contributed by atoms with Crippen molar-refractivity contribution < 1.29 is 0 Å². The highest BCUT2D eigenvalue weighted by atomic mass is 32.2. The first-order valence-electron chi connectivity index (χ1n) is 4.82. The Labute approximate surface area is 107 Å². The molecule has 0 spiro atoms. The summed E-state index contributed by atoms with van der Waals surface area (Å²) in [6, 6.07) is 1.76. The van der Waals surface area contributed by atoms with Crippen LogP contribution in [0.3, 0.4) is 0 Å². The molecule has 0 aliphatic rings. The zero-order chi connectivity index (χ0) is 12.1. The van der Waals surface area contributed by atoms with Crippen molar-refractivity contribution in [2.75, 3.05) is 17.0 Å². The number of nitrogens with one attached hydrogen (secondary N) is 2. The van der Waals surface area contributed by atoms with Gasteiger partial charge in [0.15, 0.2) is 5.16 Å². The molecule has 0 fully saturated rings. The van der Waals surface area contributed by atoms with Crippen molar-refractivity contribution in [3.63, 3.8) is 0 Å². The maximum atomic E-state index is 5.35. The van der Waals surface area contributed by atoms with E-state index < -0.39 is 0 Å². The summed E-state index contributed by atoms with van der Waals surface area (Å²) in [4.78, 5) is 12.7. The van der Waals surface area contributed by atoms with Gasteiger partial charge in [-0.1, -0.05) is 11.8 Å². The third kappa shape index (κ3) is 3.29. The van der Waals surface area contributed by atoms with Gasteiger partial charge in [0.05, 0.1) is 17.7 Å². The lowest BCUT2D eigenvalue weighted by atomic mass is 10.4. The second kappa shape index (κ2) is 5.80. The fourth-order valence-corrected chi connectivity index (χ4v) is 2.12. The van der Waals surface area contributed by atoms with Crippen LogP contribution in [0.2, 0.25) is 0 Å². The Kier molecular flexibility index (Phi) is 4.13. The molecule has 0 aliphatic carbocycles. The molecule has 2 rings (SSSR count). The third-order valence-corrected chi connectivity index (χ3v) is 3.15. The minimum atomic E-state index is 0.588. The van der Waals surface area contributed by atoms with Crippen molar-refractivity contribution in [3.05, 3.63) is 22.7 Å². The zero-order valence-electron chi connectivity index (χ0n) is 9.17. The predicted octanol–water partition coefficient (Wildman–Crippen LogP) is 1.55. The Hall–Kier alpha value is -1.38. The minimum absolute atomic E-state index is 0.588. The lowest BCUT2D eigenvalue weighted by Gasteiger charge is -2.07. The van der Waals surface area contributed by atoms with E-state index in [1.54, 1.807) is 22.9 Å². The van der Waals surface area contributed by atoms with E-state index in [2.05, 4.69) is 25.7 Å². The highest BCUT2D eigenvalue weighted by Gasteiger charge is 2.03. The Bertz CT molecular complexity index is 450. The van der Waals surface area contributed by atoms with E-state index in [1.807, 2.05) is 11.6 Å². The molecular formula is C9H12N6S2. The van der Waals surface area contributed by atoms with Crippen LogP contribution < -0.4 is 16.6 Å². The van der Waals surface area contributed by atoms with Crippen molar-refractivity contribution in [1.29, 1.82) is 0 Å². The van der Waals surface area contributed by atoms with Gasteiger partial charge in [0.2, 0.25) is 0 Å². The molecule has 2 aromatic heterocycles. The van der Waals surface area contributed by atoms with Gasteiger partial charge in [0.1, 0.15) is 11.6 Å². The smallest absolute Gasteiger partial charge is 0.191 e. The van der Waals surface area contributed by atoms with Crippen LogP contribution in [-0.2, 0) is 6.54 Å². The monoisotopic (exact) mass is 268 g/mol. The average Bonchev–Trinajstić information content (AvgIpc) is 2.89. The number of thiazole rings is 1. The summed E-state index contributed by atoms with van der Waals surface area (Å²) < 4.78 is 0. The van der Waals surface area contributed by atoms with Crippen molar-refractivity contribution in [1.82, 2.24) is 15.0 Å². The van der Waals surface area contributed by atoms with Crippen molar-refractivity contribution in [2.24, 2.45) is 5.84 Å². The number of thioether (sulfide) groups is 1. The lowest BCUT2D eigenvalue weighted by Crippen LogP contribution is -2.11. The largest absolute Gasteiger partial charge is 0.364 e. The average molecular weight is 268 g/mol. The molecule has 6 nitrogen and oxygen atoms in total. The molecule has 0 aromatic carbocycles. The first kappa shape index (κ1) is 12.1. The topological polar surface area (TPSA) is 88.8 Å². The number of hydrogen-bond acceptors (Lipinski definition) is 8. The van der Waals surface area contributed by atoms with Gasteiger partial charge in [-0.3, -0.25) is 0 Å². The first-order chi connectivity index (χ1) is 8.31. The van der Waals surface area contributed by atoms with E-state index in [4.69, 9.17) is 5.84 Å². The number of nitrogen functional groups attached to an aromatic ring is 1. The third-order valence-electron chi connectivity index (χ3n) is 1.97. The molecule has 0 amide bonds. The van der Waals surface area contributed by atoms with Crippen LogP contribution in [0.4, 0.5) is 11.6 Å². The standard InChI is InChI=1S/C9H12N6S2/c1-16-9-13-7(2-8(14-9)15-10)11-3-6-4-17-5-12-6/h2,4-5H,3,10H2,1H3,(H2,11,13,14,15). The summed E-state index contributed by atoms with van der Waals surface area (Å²) in [6.45, 7) is 0.637. The van der Waals surface area contributed by atoms with Crippen LogP contribution >= 0.6 is 23.1 Å². The molecular weight excluding hydrogens is 256 g/mol. The van der Waals surface area contributed by atoms with Gasteiger partial charge in [-0.2, -0.15) is 0 Å². The summed E-state index contributed by atoms with van der Waals surface area (Å²) in [7, 11) is 0. The van der Waals surface area contributed by atoms with E-state index >= 15 is 0 Å². The fraction of sp³-hybridized carbons (Fsp3) is 0.222. The molecule has 0 saturated heterocycles. The molecule has 8 heteroatoms. The van der Waals surface area contributed by atoms with E-state index in [0.29, 0.717) is 17.5 Å². The molecule has 2 heterocycles. The molecule has 0 aliphatic heterocycles. The Morgan fingerprint density at radius 1 is 1.41 bits per heavy atom. The quantitative estimate of drug-likeness (QED) is 0.328. The van der Waals surface area contributed by atoms with Crippen LogP contribution in [0.1, 0.15) is 5.69 Å². The van der Waals surface area contributed by atoms with Crippen LogP contribution in [0, 0.1) is 0 Å². The normalized spacial score (nSPS) is 10.2. The number of hydrogen-bond donors (Lipinski definition) is 3. The number of nitrogens with two attached hydrogens (primary N) is 1. The van der Waals surface area contributed by atoms with E-state index in [-0.39, 0.29) is 0 Å². The molecule has 0 saturated carbocycles. The summed E-state index contributed by atoms with van der Waals surface area (Å²) in [5.41, 5.74) is 5.31. The predicted molar refractivity (Wildman–Crippen MR) is 71.1 cm³/mol. The van der Waals surface area contributed by atoms with Crippen LogP contribution in [0.5, 0.6) is 0 Å². The Morgan fingerprint density at radius 2 is 2.24 bits per heavy atom. The fourth-order valence-electron chi connectivity index (χ4n) is 1.19. The summed E-state index contributed by atoms with van der Waals surface area (Å²) in [5, 5.41) is 5.84. The molecule has 90 valence electrons. The van der Waals surface area contributed by atoms with Crippen LogP contribution in [0.15, 0.2) is 22.1 Å². The van der Waals surface area contributed by atoms with Crippen molar-refractivity contribution >= 4 is 34.7 Å². The molecule has 0 radical (unpaired) electrons. The van der Waals surface area contributed by atoms with E-state index in [0.717, 1.165) is 11.5 Å². The second-order valence-corrected chi connectivity index (χ2v) is 4.59. The number of anilines is 2. The highest BCUT2D eigenvalue weighted by Crippen LogP contribution is 2.17. The summed E-state index contributed by atoms with van der Waals surface area (Å²) >= 11 is 3.03. The molecule has 0 atom stereocenters. The maximum Gasteiger partial charge on any atom is 0.191 e. The van der Waals surface area contributed by atoms with E-state index in [1.165, 1.54) is 11.8 Å². The number of nitrogens with zero attached hydrogens (tertiary/aromatic N) is 3. The number of aromatic nitrogens is 3. The van der Waals surface area contributed by atoms with Gasteiger partial charge < -0.3 is 10.7 Å². The van der Waals surface area contributed by atoms with Gasteiger partial charge in [-0.25, -0.2) is 20.8 Å². The Morgan fingerprint density at radius 3 is 2.88 bits per heavy atom. The van der Waals surface area contributed by atoms with Crippen LogP contribution in [0.25, 0.3) is 0 Å². The highest BCUT2D eigenvalue weighted by molar-refractivity contribution is 7.98. The summed E-state index contributed by atoms with van der Waals surface area (Å²) in [6.07, 6.45) is 1.92. The van der Waals surface area contributed by atoms with E-state index in [9.17, 15) is 0 Å². The number of hydrazine groups is 1. The van der Waals surface area contributed by atoms with Gasteiger partial charge in [-0.15, -0.1) is 11.3 Å². The maximum absolute atomic E-state index is 5.35. The zero-order valence-corrected chi connectivity index (χ0v) is 10.8. The number of rotatable bonds is 5. The SMILES string of the molecule is CSc1nc(NN)cc(NCc2cscn2)n1. The van der Waals surface area contributed by atoms with Crippen molar-refractivity contribution in [2.45, 2.75) is 11.7 Å². The first-order valence-corrected chi connectivity index (χ1v) is 6.99. The minimum Gasteiger partial charge on any atom is -0.364 e. The summed E-state index contributed by atoms with van der Waals surface area (Å²) in [5.74, 6) is 6.66. The Balaban J connectivity index is 2.09. The van der Waals surface area contributed by atoms with Gasteiger partial charge in [0.25, 0.3) is 0 Å². The molecule has 0 unspecified atom stereocenters.